The van der Waals surface area contributed by atoms with E-state index in [1.807, 2.05) is 6.92 Å². The van der Waals surface area contributed by atoms with E-state index in [4.69, 9.17) is 9.47 Å². The largest absolute Gasteiger partial charge is 0.382 e. The molecular formula is C17H35NO2. The highest BCUT2D eigenvalue weighted by molar-refractivity contribution is 4.83. The summed E-state index contributed by atoms with van der Waals surface area (Å²) in [4.78, 5) is 0. The zero-order chi connectivity index (χ0) is 14.8. The highest BCUT2D eigenvalue weighted by Gasteiger charge is 2.32. The van der Waals surface area contributed by atoms with Crippen molar-refractivity contribution in [2.45, 2.75) is 65.9 Å². The molecule has 0 saturated heterocycles. The molecule has 20 heavy (non-hydrogen) atoms. The normalized spacial score (nSPS) is 25.8. The van der Waals surface area contributed by atoms with Gasteiger partial charge in [0.15, 0.2) is 0 Å². The van der Waals surface area contributed by atoms with Crippen molar-refractivity contribution in [1.29, 1.82) is 0 Å². The molecule has 0 spiro atoms. The Morgan fingerprint density at radius 1 is 1.10 bits per heavy atom. The summed E-state index contributed by atoms with van der Waals surface area (Å²) in [6.07, 6.45) is 6.59. The SMILES string of the molecule is CCOCCCCNCCOC1CC(C)CC(C)(C)C1. The van der Waals surface area contributed by atoms with Gasteiger partial charge in [0, 0.05) is 19.8 Å². The van der Waals surface area contributed by atoms with Crippen LogP contribution in [-0.4, -0.2) is 39.0 Å². The maximum atomic E-state index is 6.05. The van der Waals surface area contributed by atoms with Crippen molar-refractivity contribution in [3.8, 4) is 0 Å². The van der Waals surface area contributed by atoms with Crippen LogP contribution in [0.25, 0.3) is 0 Å². The molecule has 2 atom stereocenters. The molecule has 0 radical (unpaired) electrons. The maximum Gasteiger partial charge on any atom is 0.0594 e. The Morgan fingerprint density at radius 2 is 1.90 bits per heavy atom. The van der Waals surface area contributed by atoms with E-state index in [9.17, 15) is 0 Å². The summed E-state index contributed by atoms with van der Waals surface area (Å²) in [5.74, 6) is 0.801. The third-order valence-electron chi connectivity index (χ3n) is 4.08. The zero-order valence-corrected chi connectivity index (χ0v) is 14.0. The summed E-state index contributed by atoms with van der Waals surface area (Å²) in [6.45, 7) is 13.8. The van der Waals surface area contributed by atoms with Gasteiger partial charge in [-0.3, -0.25) is 0 Å². The van der Waals surface area contributed by atoms with Crippen LogP contribution >= 0.6 is 0 Å². The molecule has 0 aromatic rings. The topological polar surface area (TPSA) is 30.5 Å². The molecule has 0 aliphatic heterocycles. The van der Waals surface area contributed by atoms with Crippen LogP contribution in [0.3, 0.4) is 0 Å². The average Bonchev–Trinajstić information content (AvgIpc) is 2.34. The van der Waals surface area contributed by atoms with Gasteiger partial charge >= 0.3 is 0 Å². The maximum absolute atomic E-state index is 6.05. The second-order valence-electron chi connectivity index (χ2n) is 7.06. The molecule has 1 aliphatic rings. The zero-order valence-electron chi connectivity index (χ0n) is 14.0. The van der Waals surface area contributed by atoms with Crippen LogP contribution in [0.5, 0.6) is 0 Å². The van der Waals surface area contributed by atoms with Crippen LogP contribution in [0.15, 0.2) is 0 Å². The molecule has 2 unspecified atom stereocenters. The fraction of sp³-hybridized carbons (Fsp3) is 1.00. The molecule has 1 fully saturated rings. The third kappa shape index (κ3) is 8.23. The van der Waals surface area contributed by atoms with Crippen LogP contribution < -0.4 is 5.32 Å². The molecule has 0 aromatic carbocycles. The van der Waals surface area contributed by atoms with E-state index >= 15 is 0 Å². The van der Waals surface area contributed by atoms with Crippen molar-refractivity contribution in [3.63, 3.8) is 0 Å². The van der Waals surface area contributed by atoms with Crippen molar-refractivity contribution in [1.82, 2.24) is 5.32 Å². The first-order valence-corrected chi connectivity index (χ1v) is 8.43. The average molecular weight is 285 g/mol. The number of rotatable bonds is 10. The second kappa shape index (κ2) is 9.75. The lowest BCUT2D eigenvalue weighted by molar-refractivity contribution is -0.0213. The van der Waals surface area contributed by atoms with Crippen LogP contribution in [0, 0.1) is 11.3 Å². The Morgan fingerprint density at radius 3 is 2.60 bits per heavy atom. The van der Waals surface area contributed by atoms with Gasteiger partial charge in [-0.15, -0.1) is 0 Å². The molecule has 1 N–H and O–H groups in total. The van der Waals surface area contributed by atoms with Gasteiger partial charge in [0.05, 0.1) is 12.7 Å². The van der Waals surface area contributed by atoms with E-state index in [2.05, 4.69) is 26.1 Å². The predicted octanol–water partition coefficient (Wildman–Crippen LogP) is 3.62. The fourth-order valence-corrected chi connectivity index (χ4v) is 3.41. The van der Waals surface area contributed by atoms with E-state index in [1.165, 1.54) is 25.7 Å². The molecule has 1 saturated carbocycles. The van der Waals surface area contributed by atoms with Gasteiger partial charge in [0.1, 0.15) is 0 Å². The lowest BCUT2D eigenvalue weighted by Crippen LogP contribution is -2.34. The molecule has 0 heterocycles. The Balaban J connectivity index is 1.96. The lowest BCUT2D eigenvalue weighted by atomic mass is 9.71. The van der Waals surface area contributed by atoms with Crippen LogP contribution in [0.2, 0.25) is 0 Å². The summed E-state index contributed by atoms with van der Waals surface area (Å²) < 4.78 is 11.4. The predicted molar refractivity (Wildman–Crippen MR) is 85.1 cm³/mol. The Hall–Kier alpha value is -0.120. The summed E-state index contributed by atoms with van der Waals surface area (Å²) in [5.41, 5.74) is 0.453. The molecule has 1 aliphatic carbocycles. The third-order valence-corrected chi connectivity index (χ3v) is 4.08. The molecule has 3 nitrogen and oxygen atoms in total. The first-order valence-electron chi connectivity index (χ1n) is 8.43. The van der Waals surface area contributed by atoms with Crippen molar-refractivity contribution < 1.29 is 9.47 Å². The summed E-state index contributed by atoms with van der Waals surface area (Å²) in [6, 6.07) is 0. The van der Waals surface area contributed by atoms with E-state index in [0.29, 0.717) is 11.5 Å². The minimum absolute atomic E-state index is 0.453. The van der Waals surface area contributed by atoms with Gasteiger partial charge in [0.25, 0.3) is 0 Å². The minimum atomic E-state index is 0.453. The first-order chi connectivity index (χ1) is 9.53. The highest BCUT2D eigenvalue weighted by Crippen LogP contribution is 2.39. The number of unbranched alkanes of at least 4 members (excludes halogenated alkanes) is 1. The van der Waals surface area contributed by atoms with Crippen molar-refractivity contribution in [2.24, 2.45) is 11.3 Å². The molecule has 120 valence electrons. The lowest BCUT2D eigenvalue weighted by Gasteiger charge is -2.38. The van der Waals surface area contributed by atoms with Crippen LogP contribution in [0.1, 0.15) is 59.8 Å². The van der Waals surface area contributed by atoms with Crippen molar-refractivity contribution in [2.75, 3.05) is 32.9 Å². The minimum Gasteiger partial charge on any atom is -0.382 e. The highest BCUT2D eigenvalue weighted by atomic mass is 16.5. The number of hydrogen-bond acceptors (Lipinski definition) is 3. The Bertz CT molecular complexity index is 243. The van der Waals surface area contributed by atoms with E-state index in [-0.39, 0.29) is 0 Å². The molecule has 0 aromatic heterocycles. The molecule has 0 amide bonds. The second-order valence-corrected chi connectivity index (χ2v) is 7.06. The van der Waals surface area contributed by atoms with Gasteiger partial charge in [-0.05, 0) is 56.9 Å². The van der Waals surface area contributed by atoms with E-state index in [1.54, 1.807) is 0 Å². The standard InChI is InChI=1S/C17H35NO2/c1-5-19-10-7-6-8-18-9-11-20-16-12-15(2)13-17(3,4)14-16/h15-16,18H,5-14H2,1-4H3. The van der Waals surface area contributed by atoms with E-state index in [0.717, 1.165) is 45.2 Å². The van der Waals surface area contributed by atoms with E-state index < -0.39 is 0 Å². The summed E-state index contributed by atoms with van der Waals surface area (Å²) >= 11 is 0. The first kappa shape index (κ1) is 17.9. The van der Waals surface area contributed by atoms with Crippen LogP contribution in [0.4, 0.5) is 0 Å². The molecular weight excluding hydrogens is 250 g/mol. The fourth-order valence-electron chi connectivity index (χ4n) is 3.41. The quantitative estimate of drug-likeness (QED) is 0.622. The number of ether oxygens (including phenoxy) is 2. The van der Waals surface area contributed by atoms with Crippen molar-refractivity contribution in [3.05, 3.63) is 0 Å². The molecule has 1 rings (SSSR count). The van der Waals surface area contributed by atoms with Gasteiger partial charge in [-0.25, -0.2) is 0 Å². The number of hydrogen-bond donors (Lipinski definition) is 1. The summed E-state index contributed by atoms with van der Waals surface area (Å²) in [5, 5.41) is 3.45. The van der Waals surface area contributed by atoms with Crippen molar-refractivity contribution >= 4 is 0 Å². The molecule has 0 bridgehead atoms. The van der Waals surface area contributed by atoms with Gasteiger partial charge in [0.2, 0.25) is 0 Å². The number of nitrogens with one attached hydrogen (secondary N) is 1. The van der Waals surface area contributed by atoms with Crippen LogP contribution in [-0.2, 0) is 9.47 Å². The van der Waals surface area contributed by atoms with Gasteiger partial charge in [-0.2, -0.15) is 0 Å². The monoisotopic (exact) mass is 285 g/mol. The van der Waals surface area contributed by atoms with Gasteiger partial charge < -0.3 is 14.8 Å². The molecule has 3 heteroatoms. The smallest absolute Gasteiger partial charge is 0.0594 e. The Kier molecular flexibility index (Phi) is 8.74. The summed E-state index contributed by atoms with van der Waals surface area (Å²) in [7, 11) is 0. The Labute approximate surface area is 125 Å². The van der Waals surface area contributed by atoms with Gasteiger partial charge in [-0.1, -0.05) is 20.8 Å².